The van der Waals surface area contributed by atoms with Gasteiger partial charge in [-0.25, -0.2) is 0 Å². The first-order chi connectivity index (χ1) is 10.0. The molecule has 0 aliphatic heterocycles. The van der Waals surface area contributed by atoms with Crippen molar-refractivity contribution >= 4 is 23.1 Å². The Morgan fingerprint density at radius 1 is 1.29 bits per heavy atom. The van der Waals surface area contributed by atoms with Crippen molar-refractivity contribution in [1.82, 2.24) is 4.98 Å². The van der Waals surface area contributed by atoms with E-state index in [1.165, 1.54) is 6.92 Å². The second-order valence-corrected chi connectivity index (χ2v) is 5.41. The average Bonchev–Trinajstić information content (AvgIpc) is 2.44. The van der Waals surface area contributed by atoms with Gasteiger partial charge in [-0.15, -0.1) is 0 Å². The molecule has 0 aliphatic rings. The van der Waals surface area contributed by atoms with E-state index in [0.717, 1.165) is 23.6 Å². The first kappa shape index (κ1) is 15.5. The zero-order chi connectivity index (χ0) is 15.4. The topological polar surface area (TPSA) is 33.2 Å². The maximum absolute atomic E-state index is 11.4. The lowest BCUT2D eigenvalue weighted by Crippen LogP contribution is -2.22. The lowest BCUT2D eigenvalue weighted by molar-refractivity contribution is 0.101. The van der Waals surface area contributed by atoms with E-state index >= 15 is 0 Å². The molecule has 1 heterocycles. The minimum Gasteiger partial charge on any atom is -0.366 e. The van der Waals surface area contributed by atoms with Gasteiger partial charge in [0, 0.05) is 23.5 Å². The summed E-state index contributed by atoms with van der Waals surface area (Å²) in [6, 6.07) is 11.6. The molecule has 1 aromatic heterocycles. The standard InChI is InChI=1S/C17H19ClN2O/c1-4-20(11-14-7-5-6-12(2)19-14)15-8-9-16(13(3)21)17(18)10-15/h5-10H,4,11H2,1-3H3. The fourth-order valence-electron chi connectivity index (χ4n) is 2.26. The largest absolute Gasteiger partial charge is 0.366 e. The summed E-state index contributed by atoms with van der Waals surface area (Å²) in [5.74, 6) is -0.0186. The van der Waals surface area contributed by atoms with Gasteiger partial charge < -0.3 is 4.90 Å². The molecule has 0 amide bonds. The van der Waals surface area contributed by atoms with Crippen molar-refractivity contribution in [3.05, 3.63) is 58.4 Å². The highest BCUT2D eigenvalue weighted by atomic mass is 35.5. The van der Waals surface area contributed by atoms with E-state index in [1.807, 2.05) is 37.3 Å². The van der Waals surface area contributed by atoms with E-state index in [0.29, 0.717) is 17.1 Å². The van der Waals surface area contributed by atoms with Crippen LogP contribution in [0.25, 0.3) is 0 Å². The molecule has 110 valence electrons. The monoisotopic (exact) mass is 302 g/mol. The summed E-state index contributed by atoms with van der Waals surface area (Å²) in [6.45, 7) is 7.15. The Hall–Kier alpha value is -1.87. The minimum absolute atomic E-state index is 0.0186. The van der Waals surface area contributed by atoms with Crippen molar-refractivity contribution in [1.29, 1.82) is 0 Å². The van der Waals surface area contributed by atoms with Gasteiger partial charge in [-0.2, -0.15) is 0 Å². The molecule has 0 fully saturated rings. The molecule has 0 bridgehead atoms. The molecule has 0 radical (unpaired) electrons. The number of benzene rings is 1. The van der Waals surface area contributed by atoms with E-state index in [1.54, 1.807) is 6.07 Å². The Labute approximate surface area is 130 Å². The molecule has 4 heteroatoms. The highest BCUT2D eigenvalue weighted by Crippen LogP contribution is 2.25. The van der Waals surface area contributed by atoms with Gasteiger partial charge in [-0.3, -0.25) is 9.78 Å². The van der Waals surface area contributed by atoms with Crippen LogP contribution in [0.4, 0.5) is 5.69 Å². The predicted molar refractivity (Wildman–Crippen MR) is 87.2 cm³/mol. The molecule has 21 heavy (non-hydrogen) atoms. The zero-order valence-corrected chi connectivity index (χ0v) is 13.3. The number of aromatic nitrogens is 1. The maximum atomic E-state index is 11.4. The molecule has 0 aliphatic carbocycles. The summed E-state index contributed by atoms with van der Waals surface area (Å²) in [7, 11) is 0. The van der Waals surface area contributed by atoms with Crippen LogP contribution in [-0.2, 0) is 6.54 Å². The molecule has 0 saturated carbocycles. The Morgan fingerprint density at radius 2 is 2.05 bits per heavy atom. The Balaban J connectivity index is 2.25. The maximum Gasteiger partial charge on any atom is 0.161 e. The third-order valence-corrected chi connectivity index (χ3v) is 3.69. The average molecular weight is 303 g/mol. The molecule has 0 atom stereocenters. The number of hydrogen-bond acceptors (Lipinski definition) is 3. The van der Waals surface area contributed by atoms with E-state index in [4.69, 9.17) is 11.6 Å². The summed E-state index contributed by atoms with van der Waals surface area (Å²) in [5, 5.41) is 0.496. The number of nitrogens with zero attached hydrogens (tertiary/aromatic N) is 2. The highest BCUT2D eigenvalue weighted by molar-refractivity contribution is 6.34. The van der Waals surface area contributed by atoms with Crippen LogP contribution in [-0.4, -0.2) is 17.3 Å². The number of anilines is 1. The van der Waals surface area contributed by atoms with E-state index < -0.39 is 0 Å². The van der Waals surface area contributed by atoms with Crippen LogP contribution in [0, 0.1) is 6.92 Å². The normalized spacial score (nSPS) is 10.5. The van der Waals surface area contributed by atoms with Gasteiger partial charge in [0.05, 0.1) is 17.3 Å². The number of hydrogen-bond donors (Lipinski definition) is 0. The summed E-state index contributed by atoms with van der Waals surface area (Å²) in [5.41, 5.74) is 3.58. The predicted octanol–water partition coefficient (Wildman–Crippen LogP) is 4.27. The lowest BCUT2D eigenvalue weighted by Gasteiger charge is -2.23. The van der Waals surface area contributed by atoms with Crippen molar-refractivity contribution in [2.45, 2.75) is 27.3 Å². The molecule has 3 nitrogen and oxygen atoms in total. The quantitative estimate of drug-likeness (QED) is 0.773. The van der Waals surface area contributed by atoms with Crippen molar-refractivity contribution in [3.63, 3.8) is 0 Å². The molecule has 0 N–H and O–H groups in total. The second kappa shape index (κ2) is 6.72. The fourth-order valence-corrected chi connectivity index (χ4v) is 2.56. The molecular formula is C17H19ClN2O. The smallest absolute Gasteiger partial charge is 0.161 e. The van der Waals surface area contributed by atoms with Crippen LogP contribution in [0.5, 0.6) is 0 Å². The molecular weight excluding hydrogens is 284 g/mol. The van der Waals surface area contributed by atoms with E-state index in [2.05, 4.69) is 16.8 Å². The third kappa shape index (κ3) is 3.82. The molecule has 0 unspecified atom stereocenters. The first-order valence-corrected chi connectivity index (χ1v) is 7.37. The van der Waals surface area contributed by atoms with Crippen LogP contribution < -0.4 is 4.90 Å². The molecule has 0 spiro atoms. The summed E-state index contributed by atoms with van der Waals surface area (Å²) in [6.07, 6.45) is 0. The third-order valence-electron chi connectivity index (χ3n) is 3.38. The number of halogens is 1. The Kier molecular flexibility index (Phi) is 4.97. The van der Waals surface area contributed by atoms with Gasteiger partial charge >= 0.3 is 0 Å². The number of aryl methyl sites for hydroxylation is 1. The Morgan fingerprint density at radius 3 is 2.62 bits per heavy atom. The molecule has 2 rings (SSSR count). The first-order valence-electron chi connectivity index (χ1n) is 6.99. The van der Waals surface area contributed by atoms with E-state index in [9.17, 15) is 4.79 Å². The van der Waals surface area contributed by atoms with Gasteiger partial charge in [0.2, 0.25) is 0 Å². The van der Waals surface area contributed by atoms with Crippen LogP contribution >= 0.6 is 11.6 Å². The second-order valence-electron chi connectivity index (χ2n) is 5.00. The van der Waals surface area contributed by atoms with Crippen LogP contribution in [0.3, 0.4) is 0 Å². The van der Waals surface area contributed by atoms with Gasteiger partial charge in [0.15, 0.2) is 5.78 Å². The number of carbonyl (C=O) groups excluding carboxylic acids is 1. The fraction of sp³-hybridized carbons (Fsp3) is 0.294. The number of ketones is 1. The minimum atomic E-state index is -0.0186. The molecule has 1 aromatic carbocycles. The van der Waals surface area contributed by atoms with E-state index in [-0.39, 0.29) is 5.78 Å². The highest BCUT2D eigenvalue weighted by Gasteiger charge is 2.11. The van der Waals surface area contributed by atoms with Gasteiger partial charge in [0.1, 0.15) is 0 Å². The van der Waals surface area contributed by atoms with Crippen LogP contribution in [0.2, 0.25) is 5.02 Å². The van der Waals surface area contributed by atoms with Crippen molar-refractivity contribution < 1.29 is 4.79 Å². The van der Waals surface area contributed by atoms with Gasteiger partial charge in [-0.1, -0.05) is 17.7 Å². The number of rotatable bonds is 5. The molecule has 0 saturated heterocycles. The number of pyridine rings is 1. The SMILES string of the molecule is CCN(Cc1cccc(C)n1)c1ccc(C(C)=O)c(Cl)c1. The van der Waals surface area contributed by atoms with Crippen molar-refractivity contribution in [2.75, 3.05) is 11.4 Å². The number of Topliss-reactive ketones (excluding diaryl/α,β-unsaturated/α-hetero) is 1. The van der Waals surface area contributed by atoms with Crippen LogP contribution in [0.15, 0.2) is 36.4 Å². The zero-order valence-electron chi connectivity index (χ0n) is 12.6. The van der Waals surface area contributed by atoms with Crippen molar-refractivity contribution in [2.24, 2.45) is 0 Å². The van der Waals surface area contributed by atoms with Gasteiger partial charge in [-0.05, 0) is 51.1 Å². The summed E-state index contributed by atoms with van der Waals surface area (Å²) in [4.78, 5) is 18.1. The summed E-state index contributed by atoms with van der Waals surface area (Å²) >= 11 is 6.19. The number of carbonyl (C=O) groups is 1. The van der Waals surface area contributed by atoms with Crippen molar-refractivity contribution in [3.8, 4) is 0 Å². The molecule has 2 aromatic rings. The van der Waals surface area contributed by atoms with Gasteiger partial charge in [0.25, 0.3) is 0 Å². The Bertz CT molecular complexity index is 655. The summed E-state index contributed by atoms with van der Waals surface area (Å²) < 4.78 is 0. The lowest BCUT2D eigenvalue weighted by atomic mass is 10.1. The van der Waals surface area contributed by atoms with Crippen LogP contribution in [0.1, 0.15) is 35.6 Å².